The van der Waals surface area contributed by atoms with Gasteiger partial charge in [-0.05, 0) is 6.42 Å². The normalized spacial score (nSPS) is 37.5. The molecule has 2 rings (SSSR count). The third kappa shape index (κ3) is 2.52. The molecular formula is C9H15NO6S2. The van der Waals surface area contributed by atoms with Crippen LogP contribution in [0.3, 0.4) is 0 Å². The Hall–Kier alpha value is -0.670. The summed E-state index contributed by atoms with van der Waals surface area (Å²) >= 11 is 0. The Morgan fingerprint density at radius 3 is 2.50 bits per heavy atom. The molecule has 2 aliphatic rings. The smallest absolute Gasteiger partial charge is 0.323 e. The van der Waals surface area contributed by atoms with Crippen molar-refractivity contribution < 1.29 is 26.4 Å². The van der Waals surface area contributed by atoms with Crippen LogP contribution in [0.5, 0.6) is 0 Å². The van der Waals surface area contributed by atoms with E-state index in [9.17, 15) is 21.6 Å². The number of methoxy groups -OCH3 is 1. The first kappa shape index (κ1) is 13.8. The van der Waals surface area contributed by atoms with Crippen LogP contribution < -0.4 is 5.32 Å². The Kier molecular flexibility index (Phi) is 3.41. The average molecular weight is 297 g/mol. The van der Waals surface area contributed by atoms with Gasteiger partial charge in [0, 0.05) is 6.04 Å². The fraction of sp³-hybridized carbons (Fsp3) is 0.889. The molecule has 104 valence electrons. The largest absolute Gasteiger partial charge is 0.468 e. The van der Waals surface area contributed by atoms with Crippen molar-refractivity contribution in [2.45, 2.75) is 23.8 Å². The molecule has 2 aliphatic heterocycles. The van der Waals surface area contributed by atoms with Crippen molar-refractivity contribution in [3.05, 3.63) is 0 Å². The van der Waals surface area contributed by atoms with Crippen molar-refractivity contribution in [2.75, 3.05) is 24.4 Å². The molecule has 0 aromatic carbocycles. The maximum Gasteiger partial charge on any atom is 0.323 e. The zero-order valence-corrected chi connectivity index (χ0v) is 11.5. The quantitative estimate of drug-likeness (QED) is 0.563. The predicted molar refractivity (Wildman–Crippen MR) is 63.6 cm³/mol. The molecule has 0 saturated carbocycles. The van der Waals surface area contributed by atoms with E-state index in [0.717, 1.165) is 0 Å². The summed E-state index contributed by atoms with van der Waals surface area (Å²) in [4.78, 5) is 11.4. The molecule has 7 nitrogen and oxygen atoms in total. The van der Waals surface area contributed by atoms with E-state index >= 15 is 0 Å². The van der Waals surface area contributed by atoms with E-state index in [2.05, 4.69) is 10.1 Å². The molecule has 2 saturated heterocycles. The molecule has 0 aromatic heterocycles. The lowest BCUT2D eigenvalue weighted by atomic mass is 10.1. The first-order valence-electron chi connectivity index (χ1n) is 5.51. The van der Waals surface area contributed by atoms with E-state index in [1.54, 1.807) is 0 Å². The highest BCUT2D eigenvalue weighted by atomic mass is 32.2. The lowest BCUT2D eigenvalue weighted by Gasteiger charge is -2.38. The Morgan fingerprint density at radius 2 is 1.89 bits per heavy atom. The first-order chi connectivity index (χ1) is 8.25. The number of fused-ring (bicyclic) bond motifs is 1. The Morgan fingerprint density at radius 1 is 1.22 bits per heavy atom. The fourth-order valence-corrected chi connectivity index (χ4v) is 7.05. The van der Waals surface area contributed by atoms with Gasteiger partial charge in [-0.1, -0.05) is 0 Å². The summed E-state index contributed by atoms with van der Waals surface area (Å²) in [5.41, 5.74) is 0. The molecule has 0 spiro atoms. The Balaban J connectivity index is 2.27. The van der Waals surface area contributed by atoms with Gasteiger partial charge in [0.15, 0.2) is 19.7 Å². The molecular weight excluding hydrogens is 282 g/mol. The lowest BCUT2D eigenvalue weighted by Crippen LogP contribution is -2.64. The average Bonchev–Trinajstić information content (AvgIpc) is 2.27. The molecule has 3 atom stereocenters. The summed E-state index contributed by atoms with van der Waals surface area (Å²) in [5, 5.41) is 1.93. The number of hydrogen-bond donors (Lipinski definition) is 1. The van der Waals surface area contributed by atoms with Gasteiger partial charge in [-0.3, -0.25) is 10.1 Å². The van der Waals surface area contributed by atoms with Crippen LogP contribution in [0.4, 0.5) is 0 Å². The number of ether oxygens (including phenoxy) is 1. The molecule has 0 aliphatic carbocycles. The third-order valence-electron chi connectivity index (χ3n) is 3.37. The molecule has 2 fully saturated rings. The van der Waals surface area contributed by atoms with Gasteiger partial charge in [-0.2, -0.15) is 0 Å². The summed E-state index contributed by atoms with van der Waals surface area (Å²) < 4.78 is 51.5. The van der Waals surface area contributed by atoms with Gasteiger partial charge in [0.05, 0.1) is 29.6 Å². The van der Waals surface area contributed by atoms with Gasteiger partial charge >= 0.3 is 5.97 Å². The van der Waals surface area contributed by atoms with E-state index in [-0.39, 0.29) is 17.9 Å². The highest BCUT2D eigenvalue weighted by molar-refractivity contribution is 7.95. The second-order valence-corrected chi connectivity index (χ2v) is 9.11. The zero-order valence-electron chi connectivity index (χ0n) is 9.83. The summed E-state index contributed by atoms with van der Waals surface area (Å²) in [6, 6.07) is -1.39. The highest BCUT2D eigenvalue weighted by Crippen LogP contribution is 2.25. The molecule has 0 aromatic rings. The third-order valence-corrected chi connectivity index (χ3v) is 7.52. The minimum absolute atomic E-state index is 0.0510. The number of carbonyl (C=O) groups excluding carboxylic acids is 1. The van der Waals surface area contributed by atoms with Crippen molar-refractivity contribution in [1.82, 2.24) is 5.32 Å². The van der Waals surface area contributed by atoms with Crippen LogP contribution in [0.1, 0.15) is 6.42 Å². The number of carbonyl (C=O) groups is 1. The minimum atomic E-state index is -3.60. The van der Waals surface area contributed by atoms with Gasteiger partial charge < -0.3 is 4.74 Å². The van der Waals surface area contributed by atoms with Gasteiger partial charge in [-0.25, -0.2) is 16.8 Å². The van der Waals surface area contributed by atoms with E-state index in [1.807, 2.05) is 0 Å². The van der Waals surface area contributed by atoms with Crippen LogP contribution in [-0.2, 0) is 29.2 Å². The summed E-state index contributed by atoms with van der Waals surface area (Å²) in [6.07, 6.45) is 0.208. The number of hydrogen-bond acceptors (Lipinski definition) is 7. The van der Waals surface area contributed by atoms with Crippen LogP contribution in [0.25, 0.3) is 0 Å². The van der Waals surface area contributed by atoms with E-state index in [0.29, 0.717) is 0 Å². The molecule has 2 heterocycles. The van der Waals surface area contributed by atoms with E-state index in [4.69, 9.17) is 0 Å². The van der Waals surface area contributed by atoms with Crippen LogP contribution >= 0.6 is 0 Å². The van der Waals surface area contributed by atoms with Crippen molar-refractivity contribution in [3.63, 3.8) is 0 Å². The van der Waals surface area contributed by atoms with Crippen LogP contribution in [-0.4, -0.2) is 64.5 Å². The van der Waals surface area contributed by atoms with Crippen molar-refractivity contribution >= 4 is 25.6 Å². The van der Waals surface area contributed by atoms with Crippen LogP contribution in [0.15, 0.2) is 0 Å². The molecule has 0 radical (unpaired) electrons. The molecule has 18 heavy (non-hydrogen) atoms. The number of esters is 1. The maximum absolute atomic E-state index is 12.0. The van der Waals surface area contributed by atoms with Gasteiger partial charge in [0.1, 0.15) is 6.04 Å². The Bertz CT molecular complexity index is 552. The molecule has 3 unspecified atom stereocenters. The summed E-state index contributed by atoms with van der Waals surface area (Å²) in [7, 11) is -5.72. The molecule has 1 N–H and O–H groups in total. The molecule has 0 amide bonds. The Labute approximate surface area is 106 Å². The molecule has 0 bridgehead atoms. The summed E-state index contributed by atoms with van der Waals surface area (Å²) in [6.45, 7) is 0. The SMILES string of the molecule is COC(=O)C1CS(=O)(=O)C2CS(=O)(=O)CCC2N1. The van der Waals surface area contributed by atoms with E-state index < -0.39 is 48.7 Å². The minimum Gasteiger partial charge on any atom is -0.468 e. The fourth-order valence-electron chi connectivity index (χ4n) is 2.43. The van der Waals surface area contributed by atoms with Crippen molar-refractivity contribution in [2.24, 2.45) is 0 Å². The maximum atomic E-state index is 12.0. The van der Waals surface area contributed by atoms with E-state index in [1.165, 1.54) is 7.11 Å². The standard InChI is InChI=1S/C9H15NO6S2/c1-16-9(11)7-4-18(14,15)8-5-17(12,13)3-2-6(8)10-7/h6-8,10H,2-5H2,1H3. The first-order valence-corrected chi connectivity index (χ1v) is 9.05. The van der Waals surface area contributed by atoms with Crippen molar-refractivity contribution in [1.29, 1.82) is 0 Å². The highest BCUT2D eigenvalue weighted by Gasteiger charge is 2.48. The van der Waals surface area contributed by atoms with Crippen LogP contribution in [0.2, 0.25) is 0 Å². The second-order valence-electron chi connectivity index (χ2n) is 4.62. The van der Waals surface area contributed by atoms with Gasteiger partial charge in [0.25, 0.3) is 0 Å². The number of sulfone groups is 2. The zero-order chi connectivity index (χ0) is 13.6. The number of nitrogens with one attached hydrogen (secondary N) is 1. The summed E-state index contributed by atoms with van der Waals surface area (Å²) in [5.74, 6) is -1.45. The topological polar surface area (TPSA) is 107 Å². The number of rotatable bonds is 1. The second kappa shape index (κ2) is 4.46. The predicted octanol–water partition coefficient (Wildman–Crippen LogP) is -1.90. The van der Waals surface area contributed by atoms with Crippen molar-refractivity contribution in [3.8, 4) is 0 Å². The lowest BCUT2D eigenvalue weighted by molar-refractivity contribution is -0.142. The monoisotopic (exact) mass is 297 g/mol. The van der Waals surface area contributed by atoms with Gasteiger partial charge in [-0.15, -0.1) is 0 Å². The van der Waals surface area contributed by atoms with Gasteiger partial charge in [0.2, 0.25) is 0 Å². The molecule has 9 heteroatoms. The van der Waals surface area contributed by atoms with Crippen LogP contribution in [0, 0.1) is 0 Å².